The van der Waals surface area contributed by atoms with E-state index in [4.69, 9.17) is 10.00 Å². The highest BCUT2D eigenvalue weighted by atomic mass is 16.6. The molecule has 4 heterocycles. The maximum atomic E-state index is 12.7. The molecule has 2 amide bonds. The number of nitrogens with zero attached hydrogens (tertiary/aromatic N) is 6. The number of ether oxygens (including phenoxy) is 1. The van der Waals surface area contributed by atoms with Gasteiger partial charge in [0.1, 0.15) is 23.2 Å². The molecule has 1 aliphatic rings. The van der Waals surface area contributed by atoms with Gasteiger partial charge >= 0.3 is 6.09 Å². The van der Waals surface area contributed by atoms with Crippen molar-refractivity contribution >= 4 is 28.7 Å². The molecule has 0 aliphatic carbocycles. The quantitative estimate of drug-likeness (QED) is 0.549. The number of aromatic hydroxyl groups is 1. The molecule has 1 aliphatic heterocycles. The Kier molecular flexibility index (Phi) is 7.11. The van der Waals surface area contributed by atoms with Crippen molar-refractivity contribution in [2.75, 3.05) is 31.1 Å². The number of aromatic nitrogens is 3. The highest BCUT2D eigenvalue weighted by Crippen LogP contribution is 2.28. The predicted octanol–water partition coefficient (Wildman–Crippen LogP) is 2.90. The third-order valence-electron chi connectivity index (χ3n) is 5.95. The molecule has 3 aromatic heterocycles. The number of piperazine rings is 1. The summed E-state index contributed by atoms with van der Waals surface area (Å²) in [7, 11) is 0. The topological polar surface area (TPSA) is 145 Å². The number of amides is 2. The molecule has 3 aromatic rings. The van der Waals surface area contributed by atoms with Gasteiger partial charge in [0.25, 0.3) is 5.91 Å². The Morgan fingerprint density at radius 2 is 1.89 bits per heavy atom. The van der Waals surface area contributed by atoms with E-state index in [2.05, 4.69) is 20.3 Å². The first-order chi connectivity index (χ1) is 17.6. The molecule has 0 unspecified atom stereocenters. The first kappa shape index (κ1) is 25.6. The fourth-order valence-corrected chi connectivity index (χ4v) is 3.95. The molecular weight excluding hydrogens is 474 g/mol. The summed E-state index contributed by atoms with van der Waals surface area (Å²) in [5, 5.41) is 22.8. The maximum absolute atomic E-state index is 12.7. The number of nitriles is 1. The van der Waals surface area contributed by atoms with Crippen molar-refractivity contribution < 1.29 is 19.4 Å². The molecule has 11 nitrogen and oxygen atoms in total. The van der Waals surface area contributed by atoms with E-state index in [1.54, 1.807) is 29.3 Å². The molecule has 0 bridgehead atoms. The fourth-order valence-electron chi connectivity index (χ4n) is 3.95. The van der Waals surface area contributed by atoms with Crippen LogP contribution < -0.4 is 10.2 Å². The molecule has 0 saturated carbocycles. The number of hydrogen-bond donors (Lipinski definition) is 2. The number of aryl methyl sites for hydroxylation is 1. The van der Waals surface area contributed by atoms with Crippen LogP contribution in [0.2, 0.25) is 0 Å². The lowest BCUT2D eigenvalue weighted by Gasteiger charge is -2.36. The van der Waals surface area contributed by atoms with Crippen molar-refractivity contribution in [2.45, 2.75) is 39.8 Å². The van der Waals surface area contributed by atoms with E-state index in [0.29, 0.717) is 48.6 Å². The number of rotatable bonds is 4. The Balaban J connectivity index is 1.43. The molecule has 37 heavy (non-hydrogen) atoms. The molecule has 1 saturated heterocycles. The Labute approximate surface area is 214 Å². The SMILES string of the molecule is Cc1cc(C#N)ncc1CNC(=O)c1ncc2nc(N3CCN(C(=O)OC(C)(C)C)CC3)ccc2c1O. The van der Waals surface area contributed by atoms with Crippen LogP contribution in [0.1, 0.15) is 48.1 Å². The molecule has 2 N–H and O–H groups in total. The van der Waals surface area contributed by atoms with E-state index in [1.165, 1.54) is 6.20 Å². The van der Waals surface area contributed by atoms with E-state index < -0.39 is 11.5 Å². The third kappa shape index (κ3) is 5.86. The second-order valence-corrected chi connectivity index (χ2v) is 9.80. The molecular formula is C26H29N7O4. The van der Waals surface area contributed by atoms with E-state index in [0.717, 1.165) is 11.1 Å². The van der Waals surface area contributed by atoms with Gasteiger partial charge in [-0.25, -0.2) is 19.7 Å². The van der Waals surface area contributed by atoms with Crippen molar-refractivity contribution in [3.63, 3.8) is 0 Å². The van der Waals surface area contributed by atoms with E-state index in [9.17, 15) is 14.7 Å². The predicted molar refractivity (Wildman–Crippen MR) is 136 cm³/mol. The number of fused-ring (bicyclic) bond motifs is 1. The summed E-state index contributed by atoms with van der Waals surface area (Å²) in [5.41, 5.74) is 1.69. The van der Waals surface area contributed by atoms with Gasteiger partial charge in [0, 0.05) is 44.3 Å². The number of nitrogens with one attached hydrogen (secondary N) is 1. The number of hydrogen-bond acceptors (Lipinski definition) is 9. The lowest BCUT2D eigenvalue weighted by Crippen LogP contribution is -2.50. The Hall–Kier alpha value is -4.46. The van der Waals surface area contributed by atoms with Gasteiger partial charge in [-0.3, -0.25) is 4.79 Å². The van der Waals surface area contributed by atoms with Crippen molar-refractivity contribution in [1.29, 1.82) is 5.26 Å². The Morgan fingerprint density at radius 1 is 1.16 bits per heavy atom. The van der Waals surface area contributed by atoms with Crippen LogP contribution in [0.4, 0.5) is 10.6 Å². The van der Waals surface area contributed by atoms with Crippen LogP contribution in [0, 0.1) is 18.3 Å². The van der Waals surface area contributed by atoms with Crippen molar-refractivity contribution in [1.82, 2.24) is 25.2 Å². The average Bonchev–Trinajstić information content (AvgIpc) is 2.87. The van der Waals surface area contributed by atoms with Gasteiger partial charge < -0.3 is 25.0 Å². The Bertz CT molecular complexity index is 1390. The van der Waals surface area contributed by atoms with Crippen LogP contribution in [-0.4, -0.2) is 68.7 Å². The summed E-state index contributed by atoms with van der Waals surface area (Å²) in [6, 6.07) is 7.11. The lowest BCUT2D eigenvalue weighted by atomic mass is 10.1. The highest BCUT2D eigenvalue weighted by molar-refractivity contribution is 6.00. The van der Waals surface area contributed by atoms with Crippen molar-refractivity contribution in [3.8, 4) is 11.8 Å². The van der Waals surface area contributed by atoms with Crippen LogP contribution in [0.3, 0.4) is 0 Å². The zero-order chi connectivity index (χ0) is 26.7. The van der Waals surface area contributed by atoms with Crippen molar-refractivity contribution in [3.05, 3.63) is 53.1 Å². The first-order valence-electron chi connectivity index (χ1n) is 11.9. The van der Waals surface area contributed by atoms with Gasteiger partial charge in [-0.2, -0.15) is 5.26 Å². The van der Waals surface area contributed by atoms with Crippen molar-refractivity contribution in [2.24, 2.45) is 0 Å². The number of anilines is 1. The Morgan fingerprint density at radius 3 is 2.54 bits per heavy atom. The lowest BCUT2D eigenvalue weighted by molar-refractivity contribution is 0.0240. The van der Waals surface area contributed by atoms with Gasteiger partial charge in [0.2, 0.25) is 0 Å². The minimum atomic E-state index is -0.543. The monoisotopic (exact) mass is 503 g/mol. The number of pyridine rings is 3. The molecule has 11 heteroatoms. The smallest absolute Gasteiger partial charge is 0.410 e. The average molecular weight is 504 g/mol. The second-order valence-electron chi connectivity index (χ2n) is 9.80. The molecule has 1 fully saturated rings. The summed E-state index contributed by atoms with van der Waals surface area (Å²) in [6.45, 7) is 9.70. The third-order valence-corrected chi connectivity index (χ3v) is 5.95. The molecule has 0 radical (unpaired) electrons. The van der Waals surface area contributed by atoms with Gasteiger partial charge in [-0.1, -0.05) is 0 Å². The molecule has 0 spiro atoms. The van der Waals surface area contributed by atoms with Crippen LogP contribution in [0.15, 0.2) is 30.6 Å². The van der Waals surface area contributed by atoms with Gasteiger partial charge in [0.15, 0.2) is 11.4 Å². The summed E-state index contributed by atoms with van der Waals surface area (Å²) in [6.07, 6.45) is 2.67. The zero-order valence-corrected chi connectivity index (χ0v) is 21.3. The first-order valence-corrected chi connectivity index (χ1v) is 11.9. The number of carbonyl (C=O) groups is 2. The highest BCUT2D eigenvalue weighted by Gasteiger charge is 2.26. The summed E-state index contributed by atoms with van der Waals surface area (Å²) in [4.78, 5) is 41.6. The second kappa shape index (κ2) is 10.3. The minimum absolute atomic E-state index is 0.104. The summed E-state index contributed by atoms with van der Waals surface area (Å²) < 4.78 is 5.45. The van der Waals surface area contributed by atoms with Crippen LogP contribution in [0.5, 0.6) is 5.75 Å². The standard InChI is InChI=1S/C26H29N7O4/c1-16-11-18(12-27)28-13-17(16)14-30-24(35)22-23(34)19-5-6-21(31-20(19)15-29-22)32-7-9-33(10-8-32)25(36)37-26(2,3)4/h5-6,11,13,15,34H,7-10,14H2,1-4H3,(H,30,35). The van der Waals surface area contributed by atoms with Crippen LogP contribution in [-0.2, 0) is 11.3 Å². The zero-order valence-electron chi connectivity index (χ0n) is 21.3. The van der Waals surface area contributed by atoms with E-state index in [-0.39, 0.29) is 24.1 Å². The summed E-state index contributed by atoms with van der Waals surface area (Å²) in [5.74, 6) is -0.0949. The summed E-state index contributed by atoms with van der Waals surface area (Å²) >= 11 is 0. The molecule has 0 atom stereocenters. The molecule has 4 rings (SSSR count). The maximum Gasteiger partial charge on any atom is 0.410 e. The van der Waals surface area contributed by atoms with E-state index in [1.807, 2.05) is 38.7 Å². The molecule has 192 valence electrons. The van der Waals surface area contributed by atoms with Gasteiger partial charge in [0.05, 0.1) is 11.7 Å². The van der Waals surface area contributed by atoms with Crippen LogP contribution in [0.25, 0.3) is 10.9 Å². The van der Waals surface area contributed by atoms with Gasteiger partial charge in [-0.05, 0) is 57.0 Å². The van der Waals surface area contributed by atoms with Gasteiger partial charge in [-0.15, -0.1) is 0 Å². The van der Waals surface area contributed by atoms with Crippen LogP contribution >= 0.6 is 0 Å². The van der Waals surface area contributed by atoms with E-state index >= 15 is 0 Å². The minimum Gasteiger partial charge on any atom is -0.505 e. The normalized spacial score (nSPS) is 13.8. The number of carbonyl (C=O) groups excluding carboxylic acids is 2. The fraction of sp³-hybridized carbons (Fsp3) is 0.385. The largest absolute Gasteiger partial charge is 0.505 e. The molecule has 0 aromatic carbocycles.